The Morgan fingerprint density at radius 2 is 2.27 bits per heavy atom. The summed E-state index contributed by atoms with van der Waals surface area (Å²) in [6.07, 6.45) is 0.228. The molecule has 0 spiro atoms. The van der Waals surface area contributed by atoms with Crippen LogP contribution in [0.1, 0.15) is 6.23 Å². The van der Waals surface area contributed by atoms with Gasteiger partial charge in [-0.05, 0) is 0 Å². The van der Waals surface area contributed by atoms with Crippen molar-refractivity contribution in [3.63, 3.8) is 0 Å². The predicted molar refractivity (Wildman–Crippen MR) is 84.0 cm³/mol. The van der Waals surface area contributed by atoms with Crippen molar-refractivity contribution in [1.29, 1.82) is 0 Å². The van der Waals surface area contributed by atoms with E-state index < -0.39 is 24.5 Å². The van der Waals surface area contributed by atoms with E-state index in [1.54, 1.807) is 4.57 Å². The Morgan fingerprint density at radius 1 is 1.45 bits per heavy atom. The number of aromatic nitrogens is 4. The first-order valence-corrected chi connectivity index (χ1v) is 7.58. The van der Waals surface area contributed by atoms with E-state index >= 15 is 0 Å². The Labute approximate surface area is 133 Å². The van der Waals surface area contributed by atoms with Gasteiger partial charge in [0, 0.05) is 9.47 Å². The van der Waals surface area contributed by atoms with E-state index in [-0.39, 0.29) is 18.4 Å². The smallest absolute Gasteiger partial charge is 0.167 e. The lowest BCUT2D eigenvalue weighted by atomic mass is 10.1. The maximum atomic E-state index is 10.3. The van der Waals surface area contributed by atoms with Gasteiger partial charge >= 0.3 is 0 Å². The fraction of sp³-hybridized carbons (Fsp3) is 0.545. The van der Waals surface area contributed by atoms with Crippen LogP contribution < -0.4 is 5.73 Å². The molecule has 0 amide bonds. The van der Waals surface area contributed by atoms with Crippen LogP contribution in [0.15, 0.2) is 12.7 Å². The number of fused-ring (bicyclic) bond motifs is 1. The number of thiol groups is 1. The fourth-order valence-corrected chi connectivity index (χ4v) is 2.86. The van der Waals surface area contributed by atoms with Crippen LogP contribution in [0.25, 0.3) is 11.2 Å². The quantitative estimate of drug-likeness (QED) is 0.386. The molecule has 3 heterocycles. The van der Waals surface area contributed by atoms with Crippen molar-refractivity contribution in [2.75, 3.05) is 18.3 Å². The molecule has 2 aromatic heterocycles. The maximum Gasteiger partial charge on any atom is 0.167 e. The molecule has 3 rings (SSSR count). The van der Waals surface area contributed by atoms with Crippen molar-refractivity contribution in [2.24, 2.45) is 0 Å². The molecule has 5 atom stereocenters. The van der Waals surface area contributed by atoms with Crippen LogP contribution in [0.5, 0.6) is 0 Å². The van der Waals surface area contributed by atoms with Crippen LogP contribution >= 0.6 is 22.1 Å². The number of nitrogens with two attached hydrogens (primary N) is 1. The summed E-state index contributed by atoms with van der Waals surface area (Å²) >= 11 is 4.05. The molecule has 9 nitrogen and oxygen atoms in total. The van der Waals surface area contributed by atoms with E-state index in [0.717, 1.165) is 0 Å². The van der Waals surface area contributed by atoms with Crippen molar-refractivity contribution in [2.45, 2.75) is 24.5 Å². The number of aliphatic hydroxyl groups is 1. The van der Waals surface area contributed by atoms with E-state index in [2.05, 4.69) is 37.0 Å². The highest BCUT2D eigenvalue weighted by molar-refractivity contribution is 7.80. The normalized spacial score (nSPS) is 28.5. The van der Waals surface area contributed by atoms with Crippen LogP contribution in [-0.4, -0.2) is 55.5 Å². The minimum Gasteiger partial charge on any atom is -0.387 e. The Kier molecular flexibility index (Phi) is 4.76. The molecule has 1 aliphatic heterocycles. The third-order valence-electron chi connectivity index (χ3n) is 3.50. The molecule has 1 aliphatic rings. The minimum atomic E-state index is -0.866. The molecule has 0 aromatic carbocycles. The van der Waals surface area contributed by atoms with Gasteiger partial charge in [-0.3, -0.25) is 4.57 Å². The first-order valence-electron chi connectivity index (χ1n) is 6.48. The van der Waals surface area contributed by atoms with Crippen molar-refractivity contribution >= 4 is 39.1 Å². The van der Waals surface area contributed by atoms with Crippen molar-refractivity contribution in [3.8, 4) is 0 Å². The lowest BCUT2D eigenvalue weighted by molar-refractivity contribution is -0.0577. The molecule has 1 unspecified atom stereocenters. The van der Waals surface area contributed by atoms with E-state index in [0.29, 0.717) is 11.2 Å². The summed E-state index contributed by atoms with van der Waals surface area (Å²) in [5.74, 6) is 0.415. The SMILES string of the molecule is Nc1ncnc2c1ncn2[C@@H]1O[C@H](COP)[C@@H](O)[C@H]1OCS. The molecule has 2 aromatic rings. The minimum absolute atomic E-state index is 0.139. The molecular formula is C11H16N5O4PS. The fourth-order valence-electron chi connectivity index (χ4n) is 2.50. The van der Waals surface area contributed by atoms with Crippen molar-refractivity contribution < 1.29 is 19.1 Å². The van der Waals surface area contributed by atoms with Crippen LogP contribution in [0.3, 0.4) is 0 Å². The summed E-state index contributed by atoms with van der Waals surface area (Å²) in [5, 5.41) is 10.3. The first-order chi connectivity index (χ1) is 10.7. The topological polar surface area (TPSA) is 118 Å². The van der Waals surface area contributed by atoms with Crippen LogP contribution in [0, 0.1) is 0 Å². The Hall–Kier alpha value is -1.03. The molecule has 1 fully saturated rings. The second-order valence-corrected chi connectivity index (χ2v) is 5.32. The highest BCUT2D eigenvalue weighted by Gasteiger charge is 2.46. The monoisotopic (exact) mass is 345 g/mol. The van der Waals surface area contributed by atoms with Crippen molar-refractivity contribution in [1.82, 2.24) is 19.5 Å². The molecular weight excluding hydrogens is 329 g/mol. The van der Waals surface area contributed by atoms with Gasteiger partial charge in [-0.25, -0.2) is 15.0 Å². The molecule has 3 N–H and O–H groups in total. The third kappa shape index (κ3) is 2.66. The zero-order valence-electron chi connectivity index (χ0n) is 11.4. The lowest BCUT2D eigenvalue weighted by Crippen LogP contribution is -2.35. The van der Waals surface area contributed by atoms with E-state index in [4.69, 9.17) is 19.7 Å². The molecule has 0 radical (unpaired) electrons. The number of nitrogens with zero attached hydrogens (tertiary/aromatic N) is 4. The van der Waals surface area contributed by atoms with Gasteiger partial charge in [0.2, 0.25) is 0 Å². The van der Waals surface area contributed by atoms with Crippen LogP contribution in [0.4, 0.5) is 5.82 Å². The number of rotatable bonds is 5. The number of hydrogen-bond donors (Lipinski definition) is 3. The van der Waals surface area contributed by atoms with Gasteiger partial charge in [0.05, 0.1) is 18.9 Å². The third-order valence-corrected chi connectivity index (χ3v) is 3.84. The summed E-state index contributed by atoms with van der Waals surface area (Å²) in [6, 6.07) is 0. The van der Waals surface area contributed by atoms with Gasteiger partial charge < -0.3 is 24.8 Å². The van der Waals surface area contributed by atoms with E-state index in [1.807, 2.05) is 0 Å². The number of aliphatic hydroxyl groups excluding tert-OH is 1. The largest absolute Gasteiger partial charge is 0.387 e. The maximum absolute atomic E-state index is 10.3. The van der Waals surface area contributed by atoms with E-state index in [1.165, 1.54) is 12.7 Å². The van der Waals surface area contributed by atoms with Crippen LogP contribution in [0.2, 0.25) is 0 Å². The Bertz CT molecular complexity index is 658. The Morgan fingerprint density at radius 3 is 3.00 bits per heavy atom. The highest BCUT2D eigenvalue weighted by Crippen LogP contribution is 2.34. The summed E-state index contributed by atoms with van der Waals surface area (Å²) in [7, 11) is 2.13. The summed E-state index contributed by atoms with van der Waals surface area (Å²) < 4.78 is 18.0. The predicted octanol–water partition coefficient (Wildman–Crippen LogP) is -0.254. The van der Waals surface area contributed by atoms with Gasteiger partial charge in [0.15, 0.2) is 17.7 Å². The average Bonchev–Trinajstić information content (AvgIpc) is 3.05. The first kappa shape index (κ1) is 15.9. The molecule has 22 heavy (non-hydrogen) atoms. The highest BCUT2D eigenvalue weighted by atomic mass is 32.1. The average molecular weight is 345 g/mol. The summed E-state index contributed by atoms with van der Waals surface area (Å²) in [6.45, 7) is 0.207. The van der Waals surface area contributed by atoms with Crippen LogP contribution in [-0.2, 0) is 14.0 Å². The van der Waals surface area contributed by atoms with Gasteiger partial charge in [-0.1, -0.05) is 0 Å². The van der Waals surface area contributed by atoms with Gasteiger partial charge in [-0.15, -0.1) is 0 Å². The number of ether oxygens (including phenoxy) is 2. The second-order valence-electron chi connectivity index (χ2n) is 4.73. The summed E-state index contributed by atoms with van der Waals surface area (Å²) in [5.41, 5.74) is 6.75. The number of nitrogen functional groups attached to an aromatic ring is 1. The molecule has 0 saturated carbocycles. The van der Waals surface area contributed by atoms with Gasteiger partial charge in [0.1, 0.15) is 30.2 Å². The molecule has 0 aliphatic carbocycles. The zero-order chi connectivity index (χ0) is 15.7. The zero-order valence-corrected chi connectivity index (χ0v) is 13.5. The number of hydrogen-bond acceptors (Lipinski definition) is 9. The molecule has 11 heteroatoms. The standard InChI is InChI=1S/C11H16N5O4PS/c12-9-6-10(14-2-13-9)16(3-15-6)11-8(18-4-22)7(17)5(20-11)1-19-21/h2-3,5,7-8,11,17,22H,1,4,21H2,(H2,12,13,14)/t5-,7-,8-,11-/m1/s1. The second kappa shape index (κ2) is 6.61. The molecule has 1 saturated heterocycles. The number of imidazole rings is 1. The Balaban J connectivity index is 1.98. The molecule has 120 valence electrons. The number of anilines is 1. The lowest BCUT2D eigenvalue weighted by Gasteiger charge is -2.21. The van der Waals surface area contributed by atoms with Gasteiger partial charge in [0.25, 0.3) is 0 Å². The molecule has 0 bridgehead atoms. The van der Waals surface area contributed by atoms with E-state index in [9.17, 15) is 5.11 Å². The summed E-state index contributed by atoms with van der Waals surface area (Å²) in [4.78, 5) is 12.3. The van der Waals surface area contributed by atoms with Gasteiger partial charge in [-0.2, -0.15) is 12.6 Å². The van der Waals surface area contributed by atoms with Crippen molar-refractivity contribution in [3.05, 3.63) is 12.7 Å².